The van der Waals surface area contributed by atoms with Crippen molar-refractivity contribution in [3.05, 3.63) is 29.8 Å². The number of ether oxygens (including phenoxy) is 1. The molecule has 0 aromatic heterocycles. The maximum atomic E-state index is 9.80. The van der Waals surface area contributed by atoms with Gasteiger partial charge in [0.15, 0.2) is 0 Å². The van der Waals surface area contributed by atoms with Gasteiger partial charge >= 0.3 is 0 Å². The van der Waals surface area contributed by atoms with Gasteiger partial charge in [-0.1, -0.05) is 25.0 Å². The van der Waals surface area contributed by atoms with Gasteiger partial charge in [0.2, 0.25) is 0 Å². The van der Waals surface area contributed by atoms with Crippen LogP contribution in [0.4, 0.5) is 0 Å². The Morgan fingerprint density at radius 2 is 2.10 bits per heavy atom. The lowest BCUT2D eigenvalue weighted by Gasteiger charge is -2.16. The highest BCUT2D eigenvalue weighted by Crippen LogP contribution is 2.20. The van der Waals surface area contributed by atoms with Crippen molar-refractivity contribution in [1.29, 1.82) is 5.26 Å². The normalized spacial score (nSPS) is 16.8. The van der Waals surface area contributed by atoms with E-state index >= 15 is 0 Å². The smallest absolute Gasteiger partial charge is 0.137 e. The summed E-state index contributed by atoms with van der Waals surface area (Å²) in [6.07, 6.45) is 4.17. The SMILES string of the molecule is N#Cc1ccccc1OCC(O)CNOC1CCCC1. The molecule has 0 amide bonds. The largest absolute Gasteiger partial charge is 0.489 e. The minimum absolute atomic E-state index is 0.125. The molecule has 1 fully saturated rings. The van der Waals surface area contributed by atoms with E-state index in [1.165, 1.54) is 12.8 Å². The summed E-state index contributed by atoms with van der Waals surface area (Å²) < 4.78 is 5.44. The minimum Gasteiger partial charge on any atom is -0.489 e. The molecule has 0 saturated heterocycles. The molecule has 1 saturated carbocycles. The summed E-state index contributed by atoms with van der Waals surface area (Å²) in [5.74, 6) is 0.491. The molecule has 0 heterocycles. The number of hydrogen-bond donors (Lipinski definition) is 2. The number of rotatable bonds is 7. The highest BCUT2D eigenvalue weighted by molar-refractivity contribution is 5.42. The molecule has 0 bridgehead atoms. The molecule has 108 valence electrons. The van der Waals surface area contributed by atoms with Crippen molar-refractivity contribution in [2.75, 3.05) is 13.2 Å². The standard InChI is InChI=1S/C15H20N2O3/c16-9-12-5-1-4-8-15(12)19-11-13(18)10-17-20-14-6-2-3-7-14/h1,4-5,8,13-14,17-18H,2-3,6-7,10-11H2. The molecule has 5 nitrogen and oxygen atoms in total. The van der Waals surface area contributed by atoms with Crippen molar-refractivity contribution in [2.45, 2.75) is 37.9 Å². The van der Waals surface area contributed by atoms with E-state index in [1.807, 2.05) is 0 Å². The lowest BCUT2D eigenvalue weighted by atomic mass is 10.2. The van der Waals surface area contributed by atoms with Crippen LogP contribution >= 0.6 is 0 Å². The molecular formula is C15H20N2O3. The Kier molecular flexibility index (Phi) is 5.81. The summed E-state index contributed by atoms with van der Waals surface area (Å²) in [6, 6.07) is 9.02. The molecule has 1 aliphatic rings. The van der Waals surface area contributed by atoms with Gasteiger partial charge in [0.25, 0.3) is 0 Å². The van der Waals surface area contributed by atoms with E-state index in [0.29, 0.717) is 17.9 Å². The fourth-order valence-electron chi connectivity index (χ4n) is 2.20. The number of aliphatic hydroxyl groups is 1. The molecule has 2 rings (SSSR count). The van der Waals surface area contributed by atoms with Gasteiger partial charge in [-0.3, -0.25) is 4.84 Å². The summed E-state index contributed by atoms with van der Waals surface area (Å²) in [7, 11) is 0. The monoisotopic (exact) mass is 276 g/mol. The van der Waals surface area contributed by atoms with Crippen LogP contribution in [0.5, 0.6) is 5.75 Å². The van der Waals surface area contributed by atoms with Crippen molar-refractivity contribution in [1.82, 2.24) is 5.48 Å². The topological polar surface area (TPSA) is 74.5 Å². The van der Waals surface area contributed by atoms with Gasteiger partial charge in [0, 0.05) is 0 Å². The van der Waals surface area contributed by atoms with Gasteiger partial charge in [0.1, 0.15) is 24.5 Å². The Balaban J connectivity index is 1.66. The quantitative estimate of drug-likeness (QED) is 0.742. The van der Waals surface area contributed by atoms with E-state index < -0.39 is 6.10 Å². The van der Waals surface area contributed by atoms with Gasteiger partial charge in [-0.15, -0.1) is 0 Å². The van der Waals surface area contributed by atoms with E-state index in [-0.39, 0.29) is 12.7 Å². The fourth-order valence-corrected chi connectivity index (χ4v) is 2.20. The van der Waals surface area contributed by atoms with Crippen molar-refractivity contribution in [2.24, 2.45) is 0 Å². The number of hydrogen-bond acceptors (Lipinski definition) is 5. The second-order valence-electron chi connectivity index (χ2n) is 4.95. The van der Waals surface area contributed by atoms with Crippen LogP contribution in [0.1, 0.15) is 31.2 Å². The number of aliphatic hydroxyl groups excluding tert-OH is 1. The third kappa shape index (κ3) is 4.49. The average molecular weight is 276 g/mol. The number of hydroxylamine groups is 1. The lowest BCUT2D eigenvalue weighted by molar-refractivity contribution is -0.0417. The third-order valence-electron chi connectivity index (χ3n) is 3.31. The highest BCUT2D eigenvalue weighted by atomic mass is 16.7. The zero-order valence-corrected chi connectivity index (χ0v) is 11.4. The van der Waals surface area contributed by atoms with E-state index in [1.54, 1.807) is 24.3 Å². The first-order valence-corrected chi connectivity index (χ1v) is 6.98. The van der Waals surface area contributed by atoms with E-state index in [0.717, 1.165) is 12.8 Å². The van der Waals surface area contributed by atoms with Crippen LogP contribution in [0.2, 0.25) is 0 Å². The van der Waals surface area contributed by atoms with Gasteiger partial charge in [-0.25, -0.2) is 0 Å². The first kappa shape index (κ1) is 14.8. The molecule has 1 atom stereocenters. The van der Waals surface area contributed by atoms with Crippen molar-refractivity contribution in [3.8, 4) is 11.8 Å². The maximum absolute atomic E-state index is 9.80. The summed E-state index contributed by atoms with van der Waals surface area (Å²) >= 11 is 0. The second-order valence-corrected chi connectivity index (χ2v) is 4.95. The Labute approximate surface area is 119 Å². The zero-order chi connectivity index (χ0) is 14.2. The van der Waals surface area contributed by atoms with E-state index in [4.69, 9.17) is 14.8 Å². The third-order valence-corrected chi connectivity index (χ3v) is 3.31. The average Bonchev–Trinajstić information content (AvgIpc) is 2.98. The Morgan fingerprint density at radius 3 is 2.85 bits per heavy atom. The summed E-state index contributed by atoms with van der Waals surface area (Å²) in [5.41, 5.74) is 3.26. The number of nitrogens with one attached hydrogen (secondary N) is 1. The highest BCUT2D eigenvalue weighted by Gasteiger charge is 2.16. The molecule has 1 aromatic carbocycles. The Hall–Kier alpha value is -1.61. The molecule has 1 unspecified atom stereocenters. The van der Waals surface area contributed by atoms with Crippen LogP contribution in [0.25, 0.3) is 0 Å². The zero-order valence-electron chi connectivity index (χ0n) is 11.4. The Morgan fingerprint density at radius 1 is 1.35 bits per heavy atom. The van der Waals surface area contributed by atoms with Crippen molar-refractivity contribution >= 4 is 0 Å². The molecule has 0 aliphatic heterocycles. The first-order valence-electron chi connectivity index (χ1n) is 6.98. The fraction of sp³-hybridized carbons (Fsp3) is 0.533. The van der Waals surface area contributed by atoms with Crippen LogP contribution in [0, 0.1) is 11.3 Å². The van der Waals surface area contributed by atoms with Crippen LogP contribution in [0.15, 0.2) is 24.3 Å². The Bertz CT molecular complexity index is 453. The van der Waals surface area contributed by atoms with E-state index in [2.05, 4.69) is 11.5 Å². The molecule has 0 spiro atoms. The van der Waals surface area contributed by atoms with Gasteiger partial charge in [-0.2, -0.15) is 10.7 Å². The van der Waals surface area contributed by atoms with E-state index in [9.17, 15) is 5.11 Å². The second kappa shape index (κ2) is 7.85. The van der Waals surface area contributed by atoms with Crippen LogP contribution in [-0.2, 0) is 4.84 Å². The molecule has 0 radical (unpaired) electrons. The number of para-hydroxylation sites is 1. The summed E-state index contributed by atoms with van der Waals surface area (Å²) in [4.78, 5) is 5.45. The lowest BCUT2D eigenvalue weighted by Crippen LogP contribution is -2.33. The first-order chi connectivity index (χ1) is 9.79. The molecule has 1 aromatic rings. The summed E-state index contributed by atoms with van der Waals surface area (Å²) in [6.45, 7) is 0.435. The molecule has 2 N–H and O–H groups in total. The predicted octanol–water partition coefficient (Wildman–Crippen LogP) is 1.76. The van der Waals surface area contributed by atoms with Gasteiger partial charge in [0.05, 0.1) is 18.2 Å². The molecular weight excluding hydrogens is 256 g/mol. The number of nitrogens with zero attached hydrogens (tertiary/aromatic N) is 1. The maximum Gasteiger partial charge on any atom is 0.137 e. The minimum atomic E-state index is -0.678. The number of benzene rings is 1. The van der Waals surface area contributed by atoms with Crippen LogP contribution < -0.4 is 10.2 Å². The molecule has 5 heteroatoms. The van der Waals surface area contributed by atoms with Crippen molar-refractivity contribution < 1.29 is 14.7 Å². The van der Waals surface area contributed by atoms with Crippen LogP contribution in [-0.4, -0.2) is 30.5 Å². The number of nitriles is 1. The molecule has 20 heavy (non-hydrogen) atoms. The van der Waals surface area contributed by atoms with Gasteiger partial charge < -0.3 is 9.84 Å². The van der Waals surface area contributed by atoms with Crippen LogP contribution in [0.3, 0.4) is 0 Å². The van der Waals surface area contributed by atoms with Crippen molar-refractivity contribution in [3.63, 3.8) is 0 Å². The summed E-state index contributed by atoms with van der Waals surface area (Å²) in [5, 5.41) is 18.7. The van der Waals surface area contributed by atoms with Gasteiger partial charge in [-0.05, 0) is 25.0 Å². The predicted molar refractivity (Wildman–Crippen MR) is 74.0 cm³/mol. The molecule has 1 aliphatic carbocycles.